The molecule has 0 saturated carbocycles. The molecule has 0 aliphatic carbocycles. The van der Waals surface area contributed by atoms with Crippen LogP contribution >= 0.6 is 24.0 Å². The van der Waals surface area contributed by atoms with E-state index < -0.39 is 0 Å². The number of nitrogens with two attached hydrogens (primary N) is 1. The van der Waals surface area contributed by atoms with Gasteiger partial charge in [-0.1, -0.05) is 44.2 Å². The zero-order valence-electron chi connectivity index (χ0n) is 13.1. The van der Waals surface area contributed by atoms with Crippen molar-refractivity contribution in [2.24, 2.45) is 16.6 Å². The summed E-state index contributed by atoms with van der Waals surface area (Å²) in [7, 11) is 0. The Labute approximate surface area is 144 Å². The maximum absolute atomic E-state index is 5.80. The fraction of sp³-hybridized carbons (Fsp3) is 0.438. The van der Waals surface area contributed by atoms with E-state index >= 15 is 0 Å². The summed E-state index contributed by atoms with van der Waals surface area (Å²) < 4.78 is 5.78. The van der Waals surface area contributed by atoms with E-state index in [1.165, 1.54) is 0 Å². The summed E-state index contributed by atoms with van der Waals surface area (Å²) in [5.41, 5.74) is 7.85. The third kappa shape index (κ3) is 8.60. The van der Waals surface area contributed by atoms with E-state index in [0.29, 0.717) is 31.6 Å². The summed E-state index contributed by atoms with van der Waals surface area (Å²) in [5, 5.41) is 3.01. The Morgan fingerprint density at radius 1 is 1.38 bits per heavy atom. The number of hydrogen-bond donors (Lipinski definition) is 2. The SMILES string of the molecule is C=C(C)CNC(N)=NCc1ccccc1OCC(C)C.I. The van der Waals surface area contributed by atoms with E-state index in [4.69, 9.17) is 10.5 Å². The van der Waals surface area contributed by atoms with Gasteiger partial charge >= 0.3 is 0 Å². The van der Waals surface area contributed by atoms with Crippen LogP contribution < -0.4 is 15.8 Å². The first-order valence-electron chi connectivity index (χ1n) is 6.88. The largest absolute Gasteiger partial charge is 0.493 e. The van der Waals surface area contributed by atoms with Crippen LogP contribution in [-0.2, 0) is 6.54 Å². The zero-order chi connectivity index (χ0) is 15.0. The number of nitrogens with zero attached hydrogens (tertiary/aromatic N) is 1. The molecule has 0 spiro atoms. The second-order valence-corrected chi connectivity index (χ2v) is 5.32. The van der Waals surface area contributed by atoms with Gasteiger partial charge in [0.25, 0.3) is 0 Å². The van der Waals surface area contributed by atoms with Crippen molar-refractivity contribution in [1.29, 1.82) is 0 Å². The fourth-order valence-electron chi connectivity index (χ4n) is 1.50. The van der Waals surface area contributed by atoms with Crippen LogP contribution in [0.1, 0.15) is 26.3 Å². The number of hydrogen-bond acceptors (Lipinski definition) is 2. The van der Waals surface area contributed by atoms with E-state index in [2.05, 4.69) is 30.7 Å². The second-order valence-electron chi connectivity index (χ2n) is 5.32. The van der Waals surface area contributed by atoms with Gasteiger partial charge in [0.15, 0.2) is 5.96 Å². The molecule has 1 aromatic carbocycles. The van der Waals surface area contributed by atoms with Crippen LogP contribution in [0.4, 0.5) is 0 Å². The standard InChI is InChI=1S/C16H25N3O.HI/c1-12(2)9-18-16(17)19-10-14-7-5-6-8-15(14)20-11-13(3)4;/h5-8,13H,1,9-11H2,2-4H3,(H3,17,18,19);1H. The van der Waals surface area contributed by atoms with Gasteiger partial charge in [0.05, 0.1) is 13.2 Å². The predicted molar refractivity (Wildman–Crippen MR) is 100 cm³/mol. The average molecular weight is 403 g/mol. The monoisotopic (exact) mass is 403 g/mol. The number of benzene rings is 1. The lowest BCUT2D eigenvalue weighted by molar-refractivity contribution is 0.268. The van der Waals surface area contributed by atoms with Gasteiger partial charge in [-0.05, 0) is 18.9 Å². The highest BCUT2D eigenvalue weighted by atomic mass is 127. The topological polar surface area (TPSA) is 59.6 Å². The molecule has 0 aliphatic heterocycles. The minimum Gasteiger partial charge on any atom is -0.493 e. The lowest BCUT2D eigenvalue weighted by Crippen LogP contribution is -2.32. The molecule has 5 heteroatoms. The van der Waals surface area contributed by atoms with Gasteiger partial charge in [0.1, 0.15) is 5.75 Å². The minimum absolute atomic E-state index is 0. The normalized spacial score (nSPS) is 11.0. The zero-order valence-corrected chi connectivity index (χ0v) is 15.4. The Morgan fingerprint density at radius 3 is 2.67 bits per heavy atom. The van der Waals surface area contributed by atoms with E-state index in [-0.39, 0.29) is 24.0 Å². The Kier molecular flexibility index (Phi) is 9.86. The fourth-order valence-corrected chi connectivity index (χ4v) is 1.50. The molecule has 0 heterocycles. The van der Waals surface area contributed by atoms with Crippen molar-refractivity contribution < 1.29 is 4.74 Å². The first-order chi connectivity index (χ1) is 9.49. The third-order valence-corrected chi connectivity index (χ3v) is 2.54. The molecule has 0 radical (unpaired) electrons. The van der Waals surface area contributed by atoms with Crippen LogP contribution in [0.15, 0.2) is 41.4 Å². The number of guanidine groups is 1. The Hall–Kier alpha value is -1.24. The van der Waals surface area contributed by atoms with Gasteiger partial charge in [-0.2, -0.15) is 0 Å². The molecule has 0 fully saturated rings. The lowest BCUT2D eigenvalue weighted by atomic mass is 10.2. The van der Waals surface area contributed by atoms with Crippen molar-refractivity contribution >= 4 is 29.9 Å². The number of aliphatic imine (C=N–C) groups is 1. The first-order valence-corrected chi connectivity index (χ1v) is 6.88. The number of nitrogens with one attached hydrogen (secondary N) is 1. The molecule has 0 bridgehead atoms. The third-order valence-electron chi connectivity index (χ3n) is 2.54. The smallest absolute Gasteiger partial charge is 0.189 e. The minimum atomic E-state index is 0. The van der Waals surface area contributed by atoms with Crippen molar-refractivity contribution in [2.45, 2.75) is 27.3 Å². The molecule has 3 N–H and O–H groups in total. The highest BCUT2D eigenvalue weighted by molar-refractivity contribution is 14.0. The highest BCUT2D eigenvalue weighted by Gasteiger charge is 2.03. The van der Waals surface area contributed by atoms with Crippen LogP contribution in [0.2, 0.25) is 0 Å². The number of rotatable bonds is 7. The van der Waals surface area contributed by atoms with Crippen molar-refractivity contribution in [3.05, 3.63) is 42.0 Å². The molecule has 118 valence electrons. The van der Waals surface area contributed by atoms with Crippen LogP contribution in [0.25, 0.3) is 0 Å². The van der Waals surface area contributed by atoms with Gasteiger partial charge in [-0.3, -0.25) is 0 Å². The van der Waals surface area contributed by atoms with Crippen LogP contribution in [0.3, 0.4) is 0 Å². The van der Waals surface area contributed by atoms with Gasteiger partial charge in [-0.15, -0.1) is 24.0 Å². The summed E-state index contributed by atoms with van der Waals surface area (Å²) in [6.07, 6.45) is 0. The molecule has 1 rings (SSSR count). The van der Waals surface area contributed by atoms with Crippen molar-refractivity contribution in [3.63, 3.8) is 0 Å². The molecular formula is C16H26IN3O. The van der Waals surface area contributed by atoms with Gasteiger partial charge in [0, 0.05) is 12.1 Å². The molecule has 1 aromatic rings. The van der Waals surface area contributed by atoms with Crippen LogP contribution in [0.5, 0.6) is 5.75 Å². The summed E-state index contributed by atoms with van der Waals surface area (Å²) in [6, 6.07) is 7.91. The van der Waals surface area contributed by atoms with Gasteiger partial charge in [-0.25, -0.2) is 4.99 Å². The van der Waals surface area contributed by atoms with Crippen molar-refractivity contribution in [1.82, 2.24) is 5.32 Å². The molecule has 4 nitrogen and oxygen atoms in total. The Balaban J connectivity index is 0.00000400. The lowest BCUT2D eigenvalue weighted by Gasteiger charge is -2.12. The maximum Gasteiger partial charge on any atom is 0.189 e. The molecule has 0 unspecified atom stereocenters. The summed E-state index contributed by atoms with van der Waals surface area (Å²) >= 11 is 0. The van der Waals surface area contributed by atoms with E-state index in [1.807, 2.05) is 31.2 Å². The van der Waals surface area contributed by atoms with E-state index in [0.717, 1.165) is 16.9 Å². The Morgan fingerprint density at radius 2 is 2.05 bits per heavy atom. The van der Waals surface area contributed by atoms with E-state index in [1.54, 1.807) is 0 Å². The van der Waals surface area contributed by atoms with Crippen LogP contribution in [0, 0.1) is 5.92 Å². The number of halogens is 1. The predicted octanol–water partition coefficient (Wildman–Crippen LogP) is 3.32. The molecule has 21 heavy (non-hydrogen) atoms. The molecule has 0 atom stereocenters. The van der Waals surface area contributed by atoms with E-state index in [9.17, 15) is 0 Å². The van der Waals surface area contributed by atoms with Crippen molar-refractivity contribution in [2.75, 3.05) is 13.2 Å². The molecule has 0 aliphatic rings. The summed E-state index contributed by atoms with van der Waals surface area (Å²) in [5.74, 6) is 1.79. The summed E-state index contributed by atoms with van der Waals surface area (Å²) in [4.78, 5) is 4.32. The molecule has 0 aromatic heterocycles. The summed E-state index contributed by atoms with van der Waals surface area (Å²) in [6.45, 7) is 11.8. The highest BCUT2D eigenvalue weighted by Crippen LogP contribution is 2.19. The van der Waals surface area contributed by atoms with Gasteiger partial charge < -0.3 is 15.8 Å². The Bertz CT molecular complexity index is 472. The van der Waals surface area contributed by atoms with Crippen LogP contribution in [-0.4, -0.2) is 19.1 Å². The van der Waals surface area contributed by atoms with Gasteiger partial charge in [0.2, 0.25) is 0 Å². The maximum atomic E-state index is 5.80. The number of ether oxygens (including phenoxy) is 1. The molecular weight excluding hydrogens is 377 g/mol. The average Bonchev–Trinajstić information content (AvgIpc) is 2.41. The molecule has 0 amide bonds. The van der Waals surface area contributed by atoms with Crippen molar-refractivity contribution in [3.8, 4) is 5.75 Å². The first kappa shape index (κ1) is 19.8. The quantitative estimate of drug-likeness (QED) is 0.318. The number of para-hydroxylation sites is 1. The second kappa shape index (κ2) is 10.5. The molecule has 0 saturated heterocycles.